The standard InChI is InChI=1S/C12H15N/c1-3-9-5-6-10-8-11(4-2)13-12(10)7-9/h5-8,13H,3-4H2,1-2H3. The van der Waals surface area contributed by atoms with E-state index in [0.717, 1.165) is 12.8 Å². The van der Waals surface area contributed by atoms with Crippen LogP contribution in [0.15, 0.2) is 24.3 Å². The number of rotatable bonds is 2. The van der Waals surface area contributed by atoms with Gasteiger partial charge in [-0.3, -0.25) is 0 Å². The van der Waals surface area contributed by atoms with Gasteiger partial charge in [-0.1, -0.05) is 26.0 Å². The van der Waals surface area contributed by atoms with Gasteiger partial charge >= 0.3 is 0 Å². The molecule has 1 nitrogen and oxygen atoms in total. The zero-order valence-electron chi connectivity index (χ0n) is 8.22. The van der Waals surface area contributed by atoms with Crippen molar-refractivity contribution in [2.24, 2.45) is 0 Å². The second kappa shape index (κ2) is 3.25. The van der Waals surface area contributed by atoms with E-state index in [1.54, 1.807) is 0 Å². The van der Waals surface area contributed by atoms with Crippen LogP contribution in [0.3, 0.4) is 0 Å². The van der Waals surface area contributed by atoms with Crippen molar-refractivity contribution in [3.05, 3.63) is 35.5 Å². The molecule has 0 bridgehead atoms. The van der Waals surface area contributed by atoms with Crippen molar-refractivity contribution in [3.63, 3.8) is 0 Å². The minimum atomic E-state index is 1.08. The summed E-state index contributed by atoms with van der Waals surface area (Å²) in [6.07, 6.45) is 2.19. The van der Waals surface area contributed by atoms with Gasteiger partial charge in [-0.05, 0) is 35.9 Å². The van der Waals surface area contributed by atoms with Crippen LogP contribution < -0.4 is 0 Å². The molecule has 2 rings (SSSR count). The summed E-state index contributed by atoms with van der Waals surface area (Å²) in [5.74, 6) is 0. The highest BCUT2D eigenvalue weighted by molar-refractivity contribution is 5.81. The zero-order valence-corrected chi connectivity index (χ0v) is 8.22. The maximum Gasteiger partial charge on any atom is 0.0458 e. The van der Waals surface area contributed by atoms with Gasteiger partial charge < -0.3 is 4.98 Å². The molecule has 1 N–H and O–H groups in total. The summed E-state index contributed by atoms with van der Waals surface area (Å²) in [5.41, 5.74) is 4.00. The zero-order chi connectivity index (χ0) is 9.26. The van der Waals surface area contributed by atoms with Crippen molar-refractivity contribution in [2.75, 3.05) is 0 Å². The van der Waals surface area contributed by atoms with Gasteiger partial charge in [0.1, 0.15) is 0 Å². The molecule has 0 unspecified atom stereocenters. The van der Waals surface area contributed by atoms with E-state index in [1.807, 2.05) is 0 Å². The summed E-state index contributed by atoms with van der Waals surface area (Å²) in [7, 11) is 0. The molecule has 0 aliphatic rings. The average molecular weight is 173 g/mol. The fraction of sp³-hybridized carbons (Fsp3) is 0.333. The Morgan fingerprint density at radius 1 is 1.08 bits per heavy atom. The number of hydrogen-bond acceptors (Lipinski definition) is 0. The van der Waals surface area contributed by atoms with E-state index < -0.39 is 0 Å². The van der Waals surface area contributed by atoms with Crippen LogP contribution in [0.25, 0.3) is 10.9 Å². The Bertz CT molecular complexity index is 410. The summed E-state index contributed by atoms with van der Waals surface area (Å²) >= 11 is 0. The van der Waals surface area contributed by atoms with Gasteiger partial charge in [0.25, 0.3) is 0 Å². The molecule has 1 aromatic heterocycles. The SMILES string of the molecule is CCc1ccc2cc(CC)[nH]c2c1. The lowest BCUT2D eigenvalue weighted by atomic mass is 10.1. The Kier molecular flexibility index (Phi) is 2.09. The molecule has 68 valence electrons. The molecule has 0 saturated heterocycles. The molecule has 0 spiro atoms. The number of aryl methyl sites for hydroxylation is 2. The third-order valence-corrected chi connectivity index (χ3v) is 2.53. The summed E-state index contributed by atoms with van der Waals surface area (Å²) in [6.45, 7) is 4.36. The van der Waals surface area contributed by atoms with Crippen molar-refractivity contribution in [3.8, 4) is 0 Å². The number of aromatic amines is 1. The monoisotopic (exact) mass is 173 g/mol. The first-order valence-electron chi connectivity index (χ1n) is 4.94. The maximum atomic E-state index is 3.42. The van der Waals surface area contributed by atoms with Crippen LogP contribution in [0.2, 0.25) is 0 Å². The lowest BCUT2D eigenvalue weighted by Gasteiger charge is -1.95. The third-order valence-electron chi connectivity index (χ3n) is 2.53. The van der Waals surface area contributed by atoms with E-state index in [4.69, 9.17) is 0 Å². The number of nitrogens with one attached hydrogen (secondary N) is 1. The molecule has 1 aromatic carbocycles. The highest BCUT2D eigenvalue weighted by Crippen LogP contribution is 2.17. The molecule has 0 saturated carbocycles. The molecular weight excluding hydrogens is 158 g/mol. The summed E-state index contributed by atoms with van der Waals surface area (Å²) in [6, 6.07) is 8.88. The summed E-state index contributed by atoms with van der Waals surface area (Å²) in [4.78, 5) is 3.42. The van der Waals surface area contributed by atoms with Gasteiger partial charge in [0.2, 0.25) is 0 Å². The second-order valence-electron chi connectivity index (χ2n) is 3.42. The van der Waals surface area contributed by atoms with Gasteiger partial charge in [0.05, 0.1) is 0 Å². The van der Waals surface area contributed by atoms with Crippen molar-refractivity contribution in [2.45, 2.75) is 26.7 Å². The Hall–Kier alpha value is -1.24. The van der Waals surface area contributed by atoms with Crippen molar-refractivity contribution < 1.29 is 0 Å². The van der Waals surface area contributed by atoms with Gasteiger partial charge in [0, 0.05) is 11.2 Å². The normalized spacial score (nSPS) is 10.9. The van der Waals surface area contributed by atoms with Gasteiger partial charge in [0.15, 0.2) is 0 Å². The number of aromatic nitrogens is 1. The minimum Gasteiger partial charge on any atom is -0.358 e. The third kappa shape index (κ3) is 1.46. The molecule has 0 aliphatic heterocycles. The van der Waals surface area contributed by atoms with E-state index >= 15 is 0 Å². The van der Waals surface area contributed by atoms with Crippen molar-refractivity contribution >= 4 is 10.9 Å². The van der Waals surface area contributed by atoms with E-state index in [2.05, 4.69) is 43.1 Å². The highest BCUT2D eigenvalue weighted by Gasteiger charge is 1.98. The molecular formula is C12H15N. The van der Waals surface area contributed by atoms with Crippen LogP contribution in [-0.2, 0) is 12.8 Å². The van der Waals surface area contributed by atoms with E-state index in [1.165, 1.54) is 22.2 Å². The second-order valence-corrected chi connectivity index (χ2v) is 3.42. The lowest BCUT2D eigenvalue weighted by molar-refractivity contribution is 1.07. The van der Waals surface area contributed by atoms with Gasteiger partial charge in [-0.15, -0.1) is 0 Å². The first-order chi connectivity index (χ1) is 6.33. The molecule has 1 heteroatoms. The molecule has 1 heterocycles. The van der Waals surface area contributed by atoms with Crippen LogP contribution in [0.5, 0.6) is 0 Å². The van der Waals surface area contributed by atoms with Gasteiger partial charge in [-0.25, -0.2) is 0 Å². The largest absolute Gasteiger partial charge is 0.358 e. The van der Waals surface area contributed by atoms with Crippen LogP contribution in [-0.4, -0.2) is 4.98 Å². The first kappa shape index (κ1) is 8.36. The molecule has 0 fully saturated rings. The minimum absolute atomic E-state index is 1.08. The average Bonchev–Trinajstić information content (AvgIpc) is 2.58. The Labute approximate surface area is 78.8 Å². The predicted octanol–water partition coefficient (Wildman–Crippen LogP) is 3.29. The molecule has 0 aliphatic carbocycles. The fourth-order valence-corrected chi connectivity index (χ4v) is 1.64. The number of hydrogen-bond donors (Lipinski definition) is 1. The quantitative estimate of drug-likeness (QED) is 0.717. The smallest absolute Gasteiger partial charge is 0.0458 e. The first-order valence-corrected chi connectivity index (χ1v) is 4.94. The summed E-state index contributed by atoms with van der Waals surface area (Å²) in [5, 5.41) is 1.33. The molecule has 13 heavy (non-hydrogen) atoms. The van der Waals surface area contributed by atoms with E-state index in [0.29, 0.717) is 0 Å². The lowest BCUT2D eigenvalue weighted by Crippen LogP contribution is -1.79. The van der Waals surface area contributed by atoms with Crippen LogP contribution in [0, 0.1) is 0 Å². The van der Waals surface area contributed by atoms with Crippen molar-refractivity contribution in [1.82, 2.24) is 4.98 Å². The van der Waals surface area contributed by atoms with E-state index in [-0.39, 0.29) is 0 Å². The summed E-state index contributed by atoms with van der Waals surface area (Å²) < 4.78 is 0. The van der Waals surface area contributed by atoms with Crippen LogP contribution >= 0.6 is 0 Å². The van der Waals surface area contributed by atoms with E-state index in [9.17, 15) is 0 Å². The molecule has 2 aromatic rings. The highest BCUT2D eigenvalue weighted by atomic mass is 14.7. The molecule has 0 radical (unpaired) electrons. The molecule has 0 amide bonds. The van der Waals surface area contributed by atoms with Crippen LogP contribution in [0.4, 0.5) is 0 Å². The fourth-order valence-electron chi connectivity index (χ4n) is 1.64. The number of fused-ring (bicyclic) bond motifs is 1. The van der Waals surface area contributed by atoms with Crippen molar-refractivity contribution in [1.29, 1.82) is 0 Å². The molecule has 0 atom stereocenters. The Balaban J connectivity index is 2.57. The van der Waals surface area contributed by atoms with Crippen LogP contribution in [0.1, 0.15) is 25.1 Å². The Morgan fingerprint density at radius 3 is 2.62 bits per heavy atom. The number of H-pyrrole nitrogens is 1. The van der Waals surface area contributed by atoms with Gasteiger partial charge in [-0.2, -0.15) is 0 Å². The Morgan fingerprint density at radius 2 is 1.92 bits per heavy atom. The maximum absolute atomic E-state index is 3.42. The predicted molar refractivity (Wildman–Crippen MR) is 57.1 cm³/mol. The number of benzene rings is 1. The topological polar surface area (TPSA) is 15.8 Å².